The van der Waals surface area contributed by atoms with Gasteiger partial charge in [-0.05, 0) is 33.7 Å². The first-order valence-electron chi connectivity index (χ1n) is 4.02. The molecule has 0 amide bonds. The van der Waals surface area contributed by atoms with Crippen LogP contribution in [0.1, 0.15) is 27.2 Å². The van der Waals surface area contributed by atoms with Gasteiger partial charge < -0.3 is 0 Å². The molecule has 0 aromatic carbocycles. The van der Waals surface area contributed by atoms with E-state index in [0.717, 1.165) is 10.9 Å². The first-order chi connectivity index (χ1) is 4.63. The molecule has 2 heteroatoms. The van der Waals surface area contributed by atoms with Gasteiger partial charge in [0.1, 0.15) is 0 Å². The van der Waals surface area contributed by atoms with Gasteiger partial charge in [-0.3, -0.25) is 4.90 Å². The van der Waals surface area contributed by atoms with Crippen LogP contribution >= 0.6 is 15.9 Å². The summed E-state index contributed by atoms with van der Waals surface area (Å²) in [5.41, 5.74) is 0. The standard InChI is InChI=1S/C8H16BrN/c1-6(2)10-5-4-8(9)7(10)3/h6-8H,4-5H2,1-3H3/t7-,8-/m0/s1. The maximum atomic E-state index is 3.67. The minimum absolute atomic E-state index is 0.706. The summed E-state index contributed by atoms with van der Waals surface area (Å²) in [5, 5.41) is 0. The van der Waals surface area contributed by atoms with Gasteiger partial charge in [0.05, 0.1) is 0 Å². The second-order valence-corrected chi connectivity index (χ2v) is 4.55. The van der Waals surface area contributed by atoms with Crippen LogP contribution in [0, 0.1) is 0 Å². The van der Waals surface area contributed by atoms with E-state index in [1.165, 1.54) is 13.0 Å². The van der Waals surface area contributed by atoms with E-state index in [1.54, 1.807) is 0 Å². The van der Waals surface area contributed by atoms with Crippen LogP contribution in [0.4, 0.5) is 0 Å². The van der Waals surface area contributed by atoms with Crippen molar-refractivity contribution >= 4 is 15.9 Å². The molecule has 1 saturated heterocycles. The van der Waals surface area contributed by atoms with Gasteiger partial charge in [-0.1, -0.05) is 15.9 Å². The summed E-state index contributed by atoms with van der Waals surface area (Å²) in [5.74, 6) is 0. The number of likely N-dealkylation sites (tertiary alicyclic amines) is 1. The number of hydrogen-bond donors (Lipinski definition) is 0. The second kappa shape index (κ2) is 3.22. The summed E-state index contributed by atoms with van der Waals surface area (Å²) in [6.07, 6.45) is 1.30. The van der Waals surface area contributed by atoms with E-state index in [2.05, 4.69) is 41.6 Å². The van der Waals surface area contributed by atoms with E-state index in [-0.39, 0.29) is 0 Å². The van der Waals surface area contributed by atoms with Gasteiger partial charge in [0.2, 0.25) is 0 Å². The summed E-state index contributed by atoms with van der Waals surface area (Å²) < 4.78 is 0. The molecule has 1 fully saturated rings. The number of hydrogen-bond acceptors (Lipinski definition) is 1. The Kier molecular flexibility index (Phi) is 2.75. The van der Waals surface area contributed by atoms with E-state index in [1.807, 2.05) is 0 Å². The zero-order chi connectivity index (χ0) is 7.72. The Bertz CT molecular complexity index is 114. The largest absolute Gasteiger partial charge is 0.297 e. The Morgan fingerprint density at radius 1 is 1.50 bits per heavy atom. The number of rotatable bonds is 1. The molecule has 0 aliphatic carbocycles. The van der Waals surface area contributed by atoms with Crippen molar-refractivity contribution < 1.29 is 0 Å². The quantitative estimate of drug-likeness (QED) is 0.595. The van der Waals surface area contributed by atoms with Gasteiger partial charge in [-0.15, -0.1) is 0 Å². The molecule has 1 rings (SSSR count). The maximum Gasteiger partial charge on any atom is 0.0311 e. The Hall–Kier alpha value is 0.440. The van der Waals surface area contributed by atoms with Gasteiger partial charge in [-0.25, -0.2) is 0 Å². The van der Waals surface area contributed by atoms with E-state index in [9.17, 15) is 0 Å². The van der Waals surface area contributed by atoms with Crippen LogP contribution in [0.15, 0.2) is 0 Å². The average Bonchev–Trinajstić information content (AvgIpc) is 2.14. The van der Waals surface area contributed by atoms with Crippen molar-refractivity contribution in [3.63, 3.8) is 0 Å². The zero-order valence-corrected chi connectivity index (χ0v) is 8.56. The van der Waals surface area contributed by atoms with E-state index < -0.39 is 0 Å². The predicted molar refractivity (Wildman–Crippen MR) is 48.6 cm³/mol. The van der Waals surface area contributed by atoms with Crippen LogP contribution in [-0.2, 0) is 0 Å². The summed E-state index contributed by atoms with van der Waals surface area (Å²) in [7, 11) is 0. The first-order valence-corrected chi connectivity index (χ1v) is 4.94. The molecule has 0 spiro atoms. The third-order valence-electron chi connectivity index (χ3n) is 2.37. The smallest absolute Gasteiger partial charge is 0.0311 e. The van der Waals surface area contributed by atoms with Crippen LogP contribution in [0.5, 0.6) is 0 Å². The minimum Gasteiger partial charge on any atom is -0.297 e. The number of alkyl halides is 1. The van der Waals surface area contributed by atoms with Gasteiger partial charge in [0, 0.05) is 16.9 Å². The Morgan fingerprint density at radius 3 is 2.30 bits per heavy atom. The number of nitrogens with zero attached hydrogens (tertiary/aromatic N) is 1. The van der Waals surface area contributed by atoms with Crippen molar-refractivity contribution in [3.05, 3.63) is 0 Å². The molecule has 1 aliphatic rings. The van der Waals surface area contributed by atoms with Gasteiger partial charge in [-0.2, -0.15) is 0 Å². The Labute approximate surface area is 71.9 Å². The Balaban J connectivity index is 2.49. The summed E-state index contributed by atoms with van der Waals surface area (Å²) in [6.45, 7) is 8.09. The topological polar surface area (TPSA) is 3.24 Å². The fraction of sp³-hybridized carbons (Fsp3) is 1.00. The molecule has 1 heterocycles. The van der Waals surface area contributed by atoms with Gasteiger partial charge in [0.25, 0.3) is 0 Å². The van der Waals surface area contributed by atoms with Crippen molar-refractivity contribution in [3.8, 4) is 0 Å². The monoisotopic (exact) mass is 205 g/mol. The van der Waals surface area contributed by atoms with Crippen molar-refractivity contribution in [2.45, 2.75) is 44.1 Å². The lowest BCUT2D eigenvalue weighted by Crippen LogP contribution is -2.35. The lowest BCUT2D eigenvalue weighted by atomic mass is 10.2. The molecule has 1 aliphatic heterocycles. The second-order valence-electron chi connectivity index (χ2n) is 3.38. The van der Waals surface area contributed by atoms with Crippen molar-refractivity contribution in [1.29, 1.82) is 0 Å². The van der Waals surface area contributed by atoms with Gasteiger partial charge in [0.15, 0.2) is 0 Å². The fourth-order valence-corrected chi connectivity index (χ4v) is 2.16. The highest BCUT2D eigenvalue weighted by atomic mass is 79.9. The van der Waals surface area contributed by atoms with Crippen molar-refractivity contribution in [2.24, 2.45) is 0 Å². The molecule has 0 saturated carbocycles. The third-order valence-corrected chi connectivity index (χ3v) is 3.60. The van der Waals surface area contributed by atoms with E-state index in [0.29, 0.717) is 6.04 Å². The first kappa shape index (κ1) is 8.54. The van der Waals surface area contributed by atoms with Crippen LogP contribution < -0.4 is 0 Å². The Morgan fingerprint density at radius 2 is 2.10 bits per heavy atom. The lowest BCUT2D eigenvalue weighted by Gasteiger charge is -2.26. The summed E-state index contributed by atoms with van der Waals surface area (Å²) in [4.78, 5) is 3.26. The molecule has 0 bridgehead atoms. The minimum atomic E-state index is 0.706. The van der Waals surface area contributed by atoms with E-state index >= 15 is 0 Å². The van der Waals surface area contributed by atoms with Crippen LogP contribution in [0.2, 0.25) is 0 Å². The molecule has 10 heavy (non-hydrogen) atoms. The lowest BCUT2D eigenvalue weighted by molar-refractivity contribution is 0.218. The molecule has 0 aromatic heterocycles. The molecular formula is C8H16BrN. The molecular weight excluding hydrogens is 190 g/mol. The maximum absolute atomic E-state index is 3.67. The molecule has 0 N–H and O–H groups in total. The molecule has 2 atom stereocenters. The average molecular weight is 206 g/mol. The zero-order valence-electron chi connectivity index (χ0n) is 6.97. The van der Waals surface area contributed by atoms with Crippen LogP contribution in [-0.4, -0.2) is 28.4 Å². The predicted octanol–water partition coefficient (Wildman–Crippen LogP) is 2.25. The van der Waals surface area contributed by atoms with Crippen LogP contribution in [0.3, 0.4) is 0 Å². The highest BCUT2D eigenvalue weighted by Crippen LogP contribution is 2.25. The molecule has 0 radical (unpaired) electrons. The summed E-state index contributed by atoms with van der Waals surface area (Å²) >= 11 is 3.67. The van der Waals surface area contributed by atoms with Crippen molar-refractivity contribution in [2.75, 3.05) is 6.54 Å². The SMILES string of the molecule is CC(C)N1CC[C@H](Br)[C@@H]1C. The molecule has 1 nitrogen and oxygen atoms in total. The normalized spacial score (nSPS) is 35.7. The van der Waals surface area contributed by atoms with Gasteiger partial charge >= 0.3 is 0 Å². The molecule has 60 valence electrons. The fourth-order valence-electron chi connectivity index (χ4n) is 1.65. The highest BCUT2D eigenvalue weighted by Gasteiger charge is 2.29. The third kappa shape index (κ3) is 1.54. The number of halogens is 1. The highest BCUT2D eigenvalue weighted by molar-refractivity contribution is 9.09. The molecule has 0 unspecified atom stereocenters. The summed E-state index contributed by atoms with van der Waals surface area (Å²) in [6, 6.07) is 1.43. The van der Waals surface area contributed by atoms with E-state index in [4.69, 9.17) is 0 Å². The van der Waals surface area contributed by atoms with Crippen molar-refractivity contribution in [1.82, 2.24) is 4.90 Å². The van der Waals surface area contributed by atoms with Crippen LogP contribution in [0.25, 0.3) is 0 Å². The molecule has 0 aromatic rings.